The van der Waals surface area contributed by atoms with Crippen LogP contribution in [0.15, 0.2) is 0 Å². The first kappa shape index (κ1) is 12.1. The highest BCUT2D eigenvalue weighted by Crippen LogP contribution is 2.43. The maximum atomic E-state index is 10.9. The molecule has 0 saturated heterocycles. The van der Waals surface area contributed by atoms with E-state index in [1.807, 2.05) is 6.92 Å². The van der Waals surface area contributed by atoms with Crippen molar-refractivity contribution in [3.05, 3.63) is 0 Å². The van der Waals surface area contributed by atoms with Gasteiger partial charge in [-0.05, 0) is 12.8 Å². The molecule has 0 rings (SSSR count). The van der Waals surface area contributed by atoms with E-state index in [1.54, 1.807) is 0 Å². The lowest BCUT2D eigenvalue weighted by atomic mass is 10.5. The number of aliphatic hydroxyl groups is 1. The van der Waals surface area contributed by atoms with E-state index in [0.29, 0.717) is 12.8 Å². The Balaban J connectivity index is 3.49. The Morgan fingerprint density at radius 3 is 2.42 bits per heavy atom. The fourth-order valence-electron chi connectivity index (χ4n) is 0.488. The van der Waals surface area contributed by atoms with E-state index < -0.39 is 7.82 Å². The number of rotatable bonds is 7. The van der Waals surface area contributed by atoms with Crippen LogP contribution in [-0.4, -0.2) is 29.8 Å². The van der Waals surface area contributed by atoms with Gasteiger partial charge in [0.05, 0.1) is 13.2 Å². The normalized spacial score (nSPS) is 15.9. The molecule has 0 aromatic heterocycles. The van der Waals surface area contributed by atoms with Crippen molar-refractivity contribution in [1.82, 2.24) is 0 Å². The molecule has 0 aromatic carbocycles. The van der Waals surface area contributed by atoms with E-state index in [9.17, 15) is 4.57 Å². The van der Waals surface area contributed by atoms with Crippen LogP contribution in [0.1, 0.15) is 19.8 Å². The molecule has 0 aliphatic carbocycles. The topological polar surface area (TPSA) is 76.0 Å². The highest BCUT2D eigenvalue weighted by Gasteiger charge is 2.19. The Morgan fingerprint density at radius 2 is 1.92 bits per heavy atom. The van der Waals surface area contributed by atoms with Gasteiger partial charge in [0.25, 0.3) is 0 Å². The minimum Gasteiger partial charge on any atom is -0.396 e. The van der Waals surface area contributed by atoms with Crippen molar-refractivity contribution < 1.29 is 23.6 Å². The average Bonchev–Trinajstić information content (AvgIpc) is 2.01. The van der Waals surface area contributed by atoms with Crippen molar-refractivity contribution in [3.8, 4) is 0 Å². The number of hydrogen-bond donors (Lipinski definition) is 2. The van der Waals surface area contributed by atoms with Crippen LogP contribution in [-0.2, 0) is 13.6 Å². The van der Waals surface area contributed by atoms with Crippen molar-refractivity contribution in [3.63, 3.8) is 0 Å². The molecule has 5 nitrogen and oxygen atoms in total. The molecule has 1 unspecified atom stereocenters. The number of phosphoric ester groups is 1. The van der Waals surface area contributed by atoms with Gasteiger partial charge in [-0.25, -0.2) is 4.57 Å². The highest BCUT2D eigenvalue weighted by molar-refractivity contribution is 7.47. The summed E-state index contributed by atoms with van der Waals surface area (Å²) in [6.45, 7) is 2.00. The van der Waals surface area contributed by atoms with Crippen LogP contribution in [0.5, 0.6) is 0 Å². The monoisotopic (exact) mass is 198 g/mol. The van der Waals surface area contributed by atoms with Crippen molar-refractivity contribution in [2.24, 2.45) is 0 Å². The van der Waals surface area contributed by atoms with Gasteiger partial charge in [0.15, 0.2) is 0 Å². The first-order chi connectivity index (χ1) is 5.62. The highest BCUT2D eigenvalue weighted by atomic mass is 31.2. The lowest BCUT2D eigenvalue weighted by Crippen LogP contribution is -1.99. The Morgan fingerprint density at radius 1 is 1.33 bits per heavy atom. The summed E-state index contributed by atoms with van der Waals surface area (Å²) in [6, 6.07) is 0. The van der Waals surface area contributed by atoms with Gasteiger partial charge >= 0.3 is 7.82 Å². The van der Waals surface area contributed by atoms with E-state index in [1.165, 1.54) is 0 Å². The zero-order valence-corrected chi connectivity index (χ0v) is 8.00. The standard InChI is InChI=1S/C6H15O5P/c1-2-5-10-12(8,9)11-6-3-4-7/h7H,2-6H2,1H3,(H,8,9). The molecule has 0 saturated carbocycles. The predicted molar refractivity (Wildman–Crippen MR) is 43.7 cm³/mol. The van der Waals surface area contributed by atoms with E-state index in [4.69, 9.17) is 10.00 Å². The lowest BCUT2D eigenvalue weighted by Gasteiger charge is -2.10. The molecule has 0 spiro atoms. The molecule has 12 heavy (non-hydrogen) atoms. The molecule has 6 heteroatoms. The molecule has 0 aromatic rings. The zero-order chi connectivity index (χ0) is 9.45. The van der Waals surface area contributed by atoms with E-state index >= 15 is 0 Å². The third-order valence-electron chi connectivity index (χ3n) is 1.02. The van der Waals surface area contributed by atoms with Crippen LogP contribution < -0.4 is 0 Å². The van der Waals surface area contributed by atoms with Crippen molar-refractivity contribution in [2.45, 2.75) is 19.8 Å². The van der Waals surface area contributed by atoms with Gasteiger partial charge in [0, 0.05) is 6.61 Å². The molecule has 74 valence electrons. The summed E-state index contributed by atoms with van der Waals surface area (Å²) in [5.41, 5.74) is 0. The summed E-state index contributed by atoms with van der Waals surface area (Å²) in [7, 11) is -3.85. The summed E-state index contributed by atoms with van der Waals surface area (Å²) in [6.07, 6.45) is 0.994. The maximum absolute atomic E-state index is 10.9. The molecule has 0 fully saturated rings. The van der Waals surface area contributed by atoms with Gasteiger partial charge in [-0.15, -0.1) is 0 Å². The Bertz CT molecular complexity index is 149. The van der Waals surface area contributed by atoms with Crippen LogP contribution >= 0.6 is 7.82 Å². The average molecular weight is 198 g/mol. The quantitative estimate of drug-likeness (QED) is 0.469. The summed E-state index contributed by atoms with van der Waals surface area (Å²) < 4.78 is 19.9. The Labute approximate surface area is 71.9 Å². The van der Waals surface area contributed by atoms with Crippen LogP contribution in [0.3, 0.4) is 0 Å². The Kier molecular flexibility index (Phi) is 6.61. The van der Waals surface area contributed by atoms with Gasteiger partial charge in [0.1, 0.15) is 0 Å². The number of phosphoric acid groups is 1. The van der Waals surface area contributed by atoms with E-state index in [-0.39, 0.29) is 19.8 Å². The zero-order valence-electron chi connectivity index (χ0n) is 7.10. The van der Waals surface area contributed by atoms with Crippen LogP contribution in [0.4, 0.5) is 0 Å². The fraction of sp³-hybridized carbons (Fsp3) is 1.00. The van der Waals surface area contributed by atoms with E-state index in [0.717, 1.165) is 0 Å². The van der Waals surface area contributed by atoms with Crippen molar-refractivity contribution >= 4 is 7.82 Å². The fourth-order valence-corrected chi connectivity index (χ4v) is 1.34. The second-order valence-electron chi connectivity index (χ2n) is 2.21. The molecule has 0 radical (unpaired) electrons. The molecule has 0 aliphatic heterocycles. The molecule has 0 aliphatic rings. The summed E-state index contributed by atoms with van der Waals surface area (Å²) in [5, 5.41) is 8.35. The van der Waals surface area contributed by atoms with Crippen LogP contribution in [0.2, 0.25) is 0 Å². The molecule has 0 heterocycles. The van der Waals surface area contributed by atoms with Crippen LogP contribution in [0.25, 0.3) is 0 Å². The first-order valence-corrected chi connectivity index (χ1v) is 5.34. The van der Waals surface area contributed by atoms with Crippen LogP contribution in [0, 0.1) is 0 Å². The smallest absolute Gasteiger partial charge is 0.396 e. The molecular formula is C6H15O5P. The van der Waals surface area contributed by atoms with Crippen molar-refractivity contribution in [2.75, 3.05) is 19.8 Å². The third kappa shape index (κ3) is 6.76. The Hall–Kier alpha value is 0.0700. The van der Waals surface area contributed by atoms with Gasteiger partial charge < -0.3 is 10.00 Å². The predicted octanol–water partition coefficient (Wildman–Crippen LogP) is 0.912. The molecule has 0 bridgehead atoms. The first-order valence-electron chi connectivity index (χ1n) is 3.85. The maximum Gasteiger partial charge on any atom is 0.472 e. The minimum atomic E-state index is -3.85. The SMILES string of the molecule is CCCOP(=O)(O)OCCCO. The van der Waals surface area contributed by atoms with Gasteiger partial charge in [-0.3, -0.25) is 9.05 Å². The third-order valence-corrected chi connectivity index (χ3v) is 2.03. The molecule has 2 N–H and O–H groups in total. The van der Waals surface area contributed by atoms with Gasteiger partial charge in [-0.1, -0.05) is 6.92 Å². The molecule has 0 amide bonds. The largest absolute Gasteiger partial charge is 0.472 e. The molecule has 1 atom stereocenters. The van der Waals surface area contributed by atoms with E-state index in [2.05, 4.69) is 9.05 Å². The second kappa shape index (κ2) is 6.57. The van der Waals surface area contributed by atoms with Crippen molar-refractivity contribution in [1.29, 1.82) is 0 Å². The summed E-state index contributed by atoms with van der Waals surface area (Å²) in [5.74, 6) is 0. The lowest BCUT2D eigenvalue weighted by molar-refractivity contribution is 0.139. The minimum absolute atomic E-state index is 0.0357. The van der Waals surface area contributed by atoms with Gasteiger partial charge in [-0.2, -0.15) is 0 Å². The number of hydrogen-bond acceptors (Lipinski definition) is 4. The summed E-state index contributed by atoms with van der Waals surface area (Å²) in [4.78, 5) is 8.90. The molecular weight excluding hydrogens is 183 g/mol. The number of aliphatic hydroxyl groups excluding tert-OH is 1. The summed E-state index contributed by atoms with van der Waals surface area (Å²) >= 11 is 0. The second-order valence-corrected chi connectivity index (χ2v) is 3.67. The van der Waals surface area contributed by atoms with Gasteiger partial charge in [0.2, 0.25) is 0 Å².